The van der Waals surface area contributed by atoms with Crippen LogP contribution in [-0.4, -0.2) is 34.2 Å². The van der Waals surface area contributed by atoms with Gasteiger partial charge in [-0.2, -0.15) is 0 Å². The maximum absolute atomic E-state index is 13.1. The molecular weight excluding hydrogens is 409 g/mol. The summed E-state index contributed by atoms with van der Waals surface area (Å²) in [5, 5.41) is 12.2. The molecule has 2 aromatic carbocycles. The Kier molecular flexibility index (Phi) is 6.90. The normalized spacial score (nSPS) is 21.3. The lowest BCUT2D eigenvalue weighted by Gasteiger charge is -2.48. The quantitative estimate of drug-likeness (QED) is 0.644. The number of amides is 1. The Hall–Kier alpha value is -1.59. The molecule has 0 unspecified atom stereocenters. The Bertz CT molecular complexity index is 831. The van der Waals surface area contributed by atoms with E-state index in [2.05, 4.69) is 6.92 Å². The maximum Gasteiger partial charge on any atom is 0.249 e. The van der Waals surface area contributed by atoms with Crippen molar-refractivity contribution in [3.8, 4) is 0 Å². The van der Waals surface area contributed by atoms with Crippen LogP contribution in [0.3, 0.4) is 0 Å². The van der Waals surface area contributed by atoms with E-state index in [9.17, 15) is 9.90 Å². The zero-order chi connectivity index (χ0) is 21.2. The van der Waals surface area contributed by atoms with Crippen LogP contribution < -0.4 is 0 Å². The van der Waals surface area contributed by atoms with Crippen LogP contribution in [0.1, 0.15) is 56.9 Å². The molecule has 1 aliphatic heterocycles. The molecule has 0 saturated carbocycles. The van der Waals surface area contributed by atoms with Crippen LogP contribution in [0.4, 0.5) is 0 Å². The minimum atomic E-state index is -1.06. The van der Waals surface area contributed by atoms with Gasteiger partial charge < -0.3 is 14.7 Å². The summed E-state index contributed by atoms with van der Waals surface area (Å²) in [5.74, 6) is -0.129. The van der Waals surface area contributed by atoms with Gasteiger partial charge >= 0.3 is 0 Å². The van der Waals surface area contributed by atoms with E-state index in [0.29, 0.717) is 16.5 Å². The lowest BCUT2D eigenvalue weighted by molar-refractivity contribution is -0.173. The molecule has 0 radical (unpaired) electrons. The summed E-state index contributed by atoms with van der Waals surface area (Å²) in [6, 6.07) is 14.2. The van der Waals surface area contributed by atoms with Crippen molar-refractivity contribution in [3.05, 3.63) is 69.7 Å². The second-order valence-electron chi connectivity index (χ2n) is 8.04. The molecule has 1 N–H and O–H groups in total. The van der Waals surface area contributed by atoms with E-state index < -0.39 is 11.6 Å². The molecule has 0 spiro atoms. The highest BCUT2D eigenvalue weighted by Crippen LogP contribution is 2.43. The van der Waals surface area contributed by atoms with Crippen LogP contribution in [0.25, 0.3) is 0 Å². The van der Waals surface area contributed by atoms with Crippen molar-refractivity contribution in [1.29, 1.82) is 0 Å². The summed E-state index contributed by atoms with van der Waals surface area (Å²) in [6.07, 6.45) is 1.15. The van der Waals surface area contributed by atoms with Crippen LogP contribution in [-0.2, 0) is 9.53 Å². The molecule has 1 saturated heterocycles. The molecule has 1 heterocycles. The third kappa shape index (κ3) is 4.95. The Morgan fingerprint density at radius 1 is 1.07 bits per heavy atom. The smallest absolute Gasteiger partial charge is 0.249 e. The van der Waals surface area contributed by atoms with Gasteiger partial charge in [0.2, 0.25) is 5.91 Å². The Morgan fingerprint density at radius 2 is 1.59 bits per heavy atom. The molecule has 1 fully saturated rings. The first kappa shape index (κ1) is 22.1. The topological polar surface area (TPSA) is 49.8 Å². The maximum atomic E-state index is 13.1. The first-order chi connectivity index (χ1) is 13.7. The molecule has 3 atom stereocenters. The lowest BCUT2D eigenvalue weighted by atomic mass is 9.86. The monoisotopic (exact) mass is 435 g/mol. The van der Waals surface area contributed by atoms with E-state index in [-0.39, 0.29) is 24.7 Å². The third-order valence-corrected chi connectivity index (χ3v) is 5.89. The van der Waals surface area contributed by atoms with E-state index in [1.54, 1.807) is 13.8 Å². The molecular formula is C23H27Cl2NO3. The second kappa shape index (κ2) is 9.05. The van der Waals surface area contributed by atoms with Gasteiger partial charge in [-0.25, -0.2) is 0 Å². The average molecular weight is 436 g/mol. The molecule has 6 heteroatoms. The number of carbonyl (C=O) groups is 1. The molecule has 3 rings (SSSR count). The molecule has 1 amide bonds. The molecule has 4 nitrogen and oxygen atoms in total. The molecule has 156 valence electrons. The molecule has 2 aromatic rings. The zero-order valence-corrected chi connectivity index (χ0v) is 18.5. The van der Waals surface area contributed by atoms with Gasteiger partial charge in [0.25, 0.3) is 0 Å². The first-order valence-corrected chi connectivity index (χ1v) is 10.6. The summed E-state index contributed by atoms with van der Waals surface area (Å²) >= 11 is 12.2. The van der Waals surface area contributed by atoms with Crippen molar-refractivity contribution >= 4 is 29.1 Å². The van der Waals surface area contributed by atoms with Crippen molar-refractivity contribution < 1.29 is 14.6 Å². The van der Waals surface area contributed by atoms with Gasteiger partial charge in [-0.05, 0) is 55.7 Å². The number of hydrogen-bond donors (Lipinski definition) is 1. The SMILES string of the molecule is CCC[C@@H](N1C(=O)CO[C@H](c2ccc(Cl)cc2)[C@@H]1c1ccc(Cl)cc1)C(C)(C)O. The van der Waals surface area contributed by atoms with E-state index in [4.69, 9.17) is 27.9 Å². The minimum absolute atomic E-state index is 0.0341. The predicted molar refractivity (Wildman–Crippen MR) is 116 cm³/mol. The number of aliphatic hydroxyl groups is 1. The van der Waals surface area contributed by atoms with E-state index in [0.717, 1.165) is 17.5 Å². The number of ether oxygens (including phenoxy) is 1. The van der Waals surface area contributed by atoms with Gasteiger partial charge in [-0.1, -0.05) is 60.8 Å². The number of benzene rings is 2. The first-order valence-electron chi connectivity index (χ1n) is 9.88. The van der Waals surface area contributed by atoms with E-state index >= 15 is 0 Å². The van der Waals surface area contributed by atoms with Crippen molar-refractivity contribution in [3.63, 3.8) is 0 Å². The summed E-state index contributed by atoms with van der Waals surface area (Å²) in [4.78, 5) is 14.9. The fourth-order valence-corrected chi connectivity index (χ4v) is 4.28. The number of carbonyl (C=O) groups excluding carboxylic acids is 1. The Labute approximate surface area is 182 Å². The minimum Gasteiger partial charge on any atom is -0.388 e. The fraction of sp³-hybridized carbons (Fsp3) is 0.435. The van der Waals surface area contributed by atoms with Crippen LogP contribution >= 0.6 is 23.2 Å². The van der Waals surface area contributed by atoms with Crippen LogP contribution in [0.15, 0.2) is 48.5 Å². The Balaban J connectivity index is 2.13. The molecule has 0 aliphatic carbocycles. The Morgan fingerprint density at radius 3 is 2.07 bits per heavy atom. The predicted octanol–water partition coefficient (Wildman–Crippen LogP) is 5.57. The number of rotatable bonds is 6. The standard InChI is InChI=1S/C23H27Cl2NO3/c1-4-5-19(23(2,3)28)26-20(27)14-29-22(16-8-12-18(25)13-9-16)21(26)15-6-10-17(24)11-7-15/h6-13,19,21-22,28H,4-5,14H2,1-3H3/t19-,21+,22-/m1/s1. The third-order valence-electron chi connectivity index (χ3n) is 5.38. The van der Waals surface area contributed by atoms with Crippen LogP contribution in [0.5, 0.6) is 0 Å². The van der Waals surface area contributed by atoms with E-state index in [1.165, 1.54) is 0 Å². The summed E-state index contributed by atoms with van der Waals surface area (Å²) < 4.78 is 6.04. The summed E-state index contributed by atoms with van der Waals surface area (Å²) in [5.41, 5.74) is 0.781. The van der Waals surface area contributed by atoms with Gasteiger partial charge in [0.05, 0.1) is 17.7 Å². The van der Waals surface area contributed by atoms with Crippen molar-refractivity contribution in [2.24, 2.45) is 0 Å². The number of halogens is 2. The number of nitrogens with zero attached hydrogens (tertiary/aromatic N) is 1. The zero-order valence-electron chi connectivity index (χ0n) is 16.9. The van der Waals surface area contributed by atoms with Crippen molar-refractivity contribution in [2.45, 2.75) is 57.4 Å². The number of morpholine rings is 1. The van der Waals surface area contributed by atoms with Gasteiger partial charge in [-0.15, -0.1) is 0 Å². The summed E-state index contributed by atoms with van der Waals surface area (Å²) in [6.45, 7) is 5.53. The van der Waals surface area contributed by atoms with Crippen LogP contribution in [0.2, 0.25) is 10.0 Å². The second-order valence-corrected chi connectivity index (χ2v) is 8.91. The largest absolute Gasteiger partial charge is 0.388 e. The van der Waals surface area contributed by atoms with Gasteiger partial charge in [-0.3, -0.25) is 4.79 Å². The summed E-state index contributed by atoms with van der Waals surface area (Å²) in [7, 11) is 0. The molecule has 1 aliphatic rings. The highest BCUT2D eigenvalue weighted by atomic mass is 35.5. The average Bonchev–Trinajstić information content (AvgIpc) is 2.67. The molecule has 0 bridgehead atoms. The fourth-order valence-electron chi connectivity index (χ4n) is 4.03. The van der Waals surface area contributed by atoms with Gasteiger partial charge in [0.1, 0.15) is 12.7 Å². The van der Waals surface area contributed by atoms with Crippen molar-refractivity contribution in [2.75, 3.05) is 6.61 Å². The van der Waals surface area contributed by atoms with Gasteiger partial charge in [0, 0.05) is 10.0 Å². The molecule has 0 aromatic heterocycles. The molecule has 29 heavy (non-hydrogen) atoms. The highest BCUT2D eigenvalue weighted by molar-refractivity contribution is 6.30. The van der Waals surface area contributed by atoms with Crippen molar-refractivity contribution in [1.82, 2.24) is 4.90 Å². The van der Waals surface area contributed by atoms with Gasteiger partial charge in [0.15, 0.2) is 0 Å². The van der Waals surface area contributed by atoms with E-state index in [1.807, 2.05) is 53.4 Å². The lowest BCUT2D eigenvalue weighted by Crippen LogP contribution is -2.57. The highest BCUT2D eigenvalue weighted by Gasteiger charge is 2.45. The number of hydrogen-bond acceptors (Lipinski definition) is 3. The van der Waals surface area contributed by atoms with Crippen LogP contribution in [0, 0.1) is 0 Å².